The van der Waals surface area contributed by atoms with Gasteiger partial charge in [0, 0.05) is 19.3 Å². The van der Waals surface area contributed by atoms with Crippen LogP contribution in [0.15, 0.2) is 0 Å². The summed E-state index contributed by atoms with van der Waals surface area (Å²) in [5.41, 5.74) is -0.784. The maximum absolute atomic E-state index is 11.5. The summed E-state index contributed by atoms with van der Waals surface area (Å²) in [6.45, 7) is 16.7. The highest BCUT2D eigenvalue weighted by Crippen LogP contribution is 2.30. The Labute approximate surface area is 81.2 Å². The molecule has 0 aromatic heterocycles. The topological polar surface area (TPSA) is 21.4 Å². The Bertz CT molecular complexity index is 225. The van der Waals surface area contributed by atoms with E-state index in [1.54, 1.807) is 0 Å². The predicted octanol–water partition coefficient (Wildman–Crippen LogP) is 2.94. The van der Waals surface area contributed by atoms with Crippen molar-refractivity contribution in [3.05, 3.63) is 11.4 Å². The van der Waals surface area contributed by atoms with Gasteiger partial charge in [-0.15, -0.1) is 0 Å². The van der Waals surface area contributed by atoms with Gasteiger partial charge in [0.2, 0.25) is 5.78 Å². The summed E-state index contributed by atoms with van der Waals surface area (Å²) in [5.74, 6) is 0.497. The first kappa shape index (κ1) is 12.2. The summed E-state index contributed by atoms with van der Waals surface area (Å²) in [6, 6.07) is 0. The molecule has 0 aromatic carbocycles. The minimum Gasteiger partial charge on any atom is -0.302 e. The Balaban J connectivity index is 4.91. The van der Waals surface area contributed by atoms with E-state index in [0.29, 0.717) is 12.3 Å². The van der Waals surface area contributed by atoms with Gasteiger partial charge in [-0.05, 0) is 5.92 Å². The largest absolute Gasteiger partial charge is 0.302 e. The number of hydrogen-bond donors (Lipinski definition) is 0. The first-order chi connectivity index (χ1) is 5.86. The number of nitrogens with zero attached hydrogens (tertiary/aromatic N) is 1. The summed E-state index contributed by atoms with van der Waals surface area (Å²) in [5, 5.41) is 0. The summed E-state index contributed by atoms with van der Waals surface area (Å²) < 4.78 is 0. The van der Waals surface area contributed by atoms with E-state index in [1.807, 2.05) is 27.7 Å². The molecule has 0 aliphatic rings. The minimum absolute atomic E-state index is 0.00574. The van der Waals surface area contributed by atoms with E-state index < -0.39 is 5.54 Å². The van der Waals surface area contributed by atoms with Crippen LogP contribution in [-0.4, -0.2) is 11.3 Å². The first-order valence-electron chi connectivity index (χ1n) is 4.76. The van der Waals surface area contributed by atoms with E-state index >= 15 is 0 Å². The second kappa shape index (κ2) is 4.41. The molecule has 0 amide bonds. The summed E-state index contributed by atoms with van der Waals surface area (Å²) in [6.07, 6.45) is 0.670. The minimum atomic E-state index is -0.784. The maximum Gasteiger partial charge on any atom is 0.291 e. The number of rotatable bonds is 4. The molecule has 0 N–H and O–H groups in total. The van der Waals surface area contributed by atoms with E-state index in [4.69, 9.17) is 6.57 Å². The number of hydrogen-bond acceptors (Lipinski definition) is 1. The molecule has 0 aromatic rings. The van der Waals surface area contributed by atoms with Crippen LogP contribution in [0.1, 0.15) is 41.0 Å². The molecular formula is C11H19NO. The zero-order valence-corrected chi connectivity index (χ0v) is 9.22. The maximum atomic E-state index is 11.5. The SMILES string of the molecule is [C-]#[N+]C(CC(C)C)(C(C)=O)C(C)C. The number of carbonyl (C=O) groups excluding carboxylic acids is 1. The lowest BCUT2D eigenvalue weighted by Gasteiger charge is -2.24. The molecule has 2 nitrogen and oxygen atoms in total. The van der Waals surface area contributed by atoms with Crippen molar-refractivity contribution in [2.75, 3.05) is 0 Å². The Morgan fingerprint density at radius 2 is 1.85 bits per heavy atom. The Hall–Kier alpha value is -0.840. The molecule has 0 aliphatic heterocycles. The Morgan fingerprint density at radius 1 is 1.38 bits per heavy atom. The third-order valence-electron chi connectivity index (χ3n) is 2.48. The van der Waals surface area contributed by atoms with Crippen LogP contribution in [0.3, 0.4) is 0 Å². The van der Waals surface area contributed by atoms with E-state index in [2.05, 4.69) is 4.85 Å². The Morgan fingerprint density at radius 3 is 1.92 bits per heavy atom. The normalized spacial score (nSPS) is 15.5. The van der Waals surface area contributed by atoms with Crippen LogP contribution in [0.4, 0.5) is 0 Å². The van der Waals surface area contributed by atoms with Gasteiger partial charge in [-0.3, -0.25) is 4.79 Å². The third-order valence-corrected chi connectivity index (χ3v) is 2.48. The monoisotopic (exact) mass is 181 g/mol. The fraction of sp³-hybridized carbons (Fsp3) is 0.818. The second-order valence-electron chi connectivity index (χ2n) is 4.34. The average Bonchev–Trinajstić information content (AvgIpc) is 1.98. The van der Waals surface area contributed by atoms with Gasteiger partial charge in [-0.25, -0.2) is 6.57 Å². The highest BCUT2D eigenvalue weighted by molar-refractivity contribution is 5.88. The van der Waals surface area contributed by atoms with Crippen LogP contribution in [0.25, 0.3) is 4.85 Å². The van der Waals surface area contributed by atoms with Crippen LogP contribution in [0.2, 0.25) is 0 Å². The lowest BCUT2D eigenvalue weighted by molar-refractivity contribution is -0.122. The molecule has 1 atom stereocenters. The molecular weight excluding hydrogens is 162 g/mol. The van der Waals surface area contributed by atoms with Gasteiger partial charge in [0.15, 0.2) is 0 Å². The van der Waals surface area contributed by atoms with Crippen molar-refractivity contribution in [1.29, 1.82) is 0 Å². The van der Waals surface area contributed by atoms with Gasteiger partial charge in [-0.1, -0.05) is 27.7 Å². The van der Waals surface area contributed by atoms with Gasteiger partial charge in [0.05, 0.1) is 0 Å². The lowest BCUT2D eigenvalue weighted by Crippen LogP contribution is -2.40. The molecule has 0 rings (SSSR count). The number of Topliss-reactive ketones (excluding diaryl/α,β-unsaturated/α-hetero) is 1. The average molecular weight is 181 g/mol. The quantitative estimate of drug-likeness (QED) is 0.611. The molecule has 0 heterocycles. The molecule has 0 aliphatic carbocycles. The summed E-state index contributed by atoms with van der Waals surface area (Å²) >= 11 is 0. The molecule has 0 fully saturated rings. The van der Waals surface area contributed by atoms with Gasteiger partial charge in [0.1, 0.15) is 0 Å². The first-order valence-corrected chi connectivity index (χ1v) is 4.76. The number of carbonyl (C=O) groups is 1. The van der Waals surface area contributed by atoms with Crippen molar-refractivity contribution in [1.82, 2.24) is 0 Å². The molecule has 0 spiro atoms. The highest BCUT2D eigenvalue weighted by Gasteiger charge is 2.45. The molecule has 0 radical (unpaired) electrons. The van der Waals surface area contributed by atoms with Gasteiger partial charge < -0.3 is 4.85 Å². The zero-order valence-electron chi connectivity index (χ0n) is 9.22. The molecule has 0 saturated heterocycles. The smallest absolute Gasteiger partial charge is 0.291 e. The van der Waals surface area contributed by atoms with Gasteiger partial charge >= 0.3 is 0 Å². The summed E-state index contributed by atoms with van der Waals surface area (Å²) in [7, 11) is 0. The predicted molar refractivity (Wildman–Crippen MR) is 54.3 cm³/mol. The molecule has 74 valence electrons. The van der Waals surface area contributed by atoms with Crippen molar-refractivity contribution in [3.8, 4) is 0 Å². The molecule has 1 unspecified atom stereocenters. The van der Waals surface area contributed by atoms with E-state index in [0.717, 1.165) is 0 Å². The molecule has 13 heavy (non-hydrogen) atoms. The zero-order chi connectivity index (χ0) is 10.6. The van der Waals surface area contributed by atoms with E-state index in [1.165, 1.54) is 6.92 Å². The lowest BCUT2D eigenvalue weighted by atomic mass is 9.77. The van der Waals surface area contributed by atoms with Crippen LogP contribution < -0.4 is 0 Å². The van der Waals surface area contributed by atoms with Crippen molar-refractivity contribution in [3.63, 3.8) is 0 Å². The van der Waals surface area contributed by atoms with Crippen molar-refractivity contribution < 1.29 is 4.79 Å². The van der Waals surface area contributed by atoms with E-state index in [9.17, 15) is 4.79 Å². The van der Waals surface area contributed by atoms with Crippen LogP contribution in [-0.2, 0) is 4.79 Å². The fourth-order valence-corrected chi connectivity index (χ4v) is 1.66. The van der Waals surface area contributed by atoms with Gasteiger partial charge in [-0.2, -0.15) is 0 Å². The molecule has 2 heteroatoms. The summed E-state index contributed by atoms with van der Waals surface area (Å²) in [4.78, 5) is 15.0. The van der Waals surface area contributed by atoms with Gasteiger partial charge in [0.25, 0.3) is 5.54 Å². The van der Waals surface area contributed by atoms with Crippen molar-refractivity contribution in [2.24, 2.45) is 11.8 Å². The van der Waals surface area contributed by atoms with Crippen LogP contribution in [0, 0.1) is 18.4 Å². The van der Waals surface area contributed by atoms with E-state index in [-0.39, 0.29) is 11.7 Å². The Kier molecular flexibility index (Phi) is 4.13. The van der Waals surface area contributed by atoms with Crippen molar-refractivity contribution in [2.45, 2.75) is 46.6 Å². The fourth-order valence-electron chi connectivity index (χ4n) is 1.66. The van der Waals surface area contributed by atoms with Crippen molar-refractivity contribution >= 4 is 5.78 Å². The van der Waals surface area contributed by atoms with Crippen LogP contribution >= 0.6 is 0 Å². The second-order valence-corrected chi connectivity index (χ2v) is 4.34. The number of ketones is 1. The third kappa shape index (κ3) is 2.55. The highest BCUT2D eigenvalue weighted by atomic mass is 16.1. The standard InChI is InChI=1S/C11H19NO/c1-8(2)7-11(12-6,9(3)4)10(5)13/h8-9H,7H2,1-5H3. The van der Waals surface area contributed by atoms with Crippen LogP contribution in [0.5, 0.6) is 0 Å². The molecule has 0 bridgehead atoms. The molecule has 0 saturated carbocycles.